The Balaban J connectivity index is 1.32. The van der Waals surface area contributed by atoms with Crippen LogP contribution in [0.1, 0.15) is 61.0 Å². The van der Waals surface area contributed by atoms with Crippen molar-refractivity contribution in [2.45, 2.75) is 70.3 Å². The molecule has 1 aliphatic rings. The monoisotopic (exact) mass is 459 g/mol. The van der Waals surface area contributed by atoms with Crippen molar-refractivity contribution in [2.75, 3.05) is 5.32 Å². The maximum atomic E-state index is 12.6. The molecule has 0 aromatic carbocycles. The van der Waals surface area contributed by atoms with E-state index in [0.29, 0.717) is 22.8 Å². The molecule has 1 amide bonds. The summed E-state index contributed by atoms with van der Waals surface area (Å²) in [7, 11) is 0. The Labute approximate surface area is 189 Å². The van der Waals surface area contributed by atoms with Gasteiger partial charge < -0.3 is 10.3 Å². The van der Waals surface area contributed by atoms with Gasteiger partial charge in [0.2, 0.25) is 5.91 Å². The van der Waals surface area contributed by atoms with Crippen LogP contribution in [0, 0.1) is 19.8 Å². The van der Waals surface area contributed by atoms with E-state index in [0.717, 1.165) is 33.3 Å². The molecular formula is C22H29N5O2S2. The van der Waals surface area contributed by atoms with Gasteiger partial charge >= 0.3 is 0 Å². The molecule has 9 heteroatoms. The van der Waals surface area contributed by atoms with Crippen LogP contribution in [0.15, 0.2) is 10.9 Å². The first kappa shape index (κ1) is 22.1. The van der Waals surface area contributed by atoms with Crippen LogP contribution >= 0.6 is 23.1 Å². The van der Waals surface area contributed by atoms with Gasteiger partial charge in [-0.2, -0.15) is 5.10 Å². The van der Waals surface area contributed by atoms with E-state index < -0.39 is 0 Å². The lowest BCUT2D eigenvalue weighted by molar-refractivity contribution is -0.115. The van der Waals surface area contributed by atoms with Crippen LogP contribution in [0.4, 0.5) is 5.82 Å². The molecule has 4 rings (SSSR count). The molecule has 166 valence electrons. The summed E-state index contributed by atoms with van der Waals surface area (Å²) >= 11 is 2.97. The fraction of sp³-hybridized carbons (Fsp3) is 0.545. The number of fused-ring (bicyclic) bond motifs is 1. The Morgan fingerprint density at radius 3 is 2.87 bits per heavy atom. The number of thiophene rings is 1. The minimum Gasteiger partial charge on any atom is -0.309 e. The predicted molar refractivity (Wildman–Crippen MR) is 128 cm³/mol. The van der Waals surface area contributed by atoms with Gasteiger partial charge in [-0.05, 0) is 38.7 Å². The van der Waals surface area contributed by atoms with Crippen molar-refractivity contribution in [1.82, 2.24) is 20.2 Å². The summed E-state index contributed by atoms with van der Waals surface area (Å²) in [6.07, 6.45) is 7.53. The Morgan fingerprint density at radius 2 is 2.10 bits per heavy atom. The third kappa shape index (κ3) is 5.20. The largest absolute Gasteiger partial charge is 0.309 e. The number of thioether (sulfide) groups is 1. The van der Waals surface area contributed by atoms with Crippen molar-refractivity contribution < 1.29 is 4.79 Å². The summed E-state index contributed by atoms with van der Waals surface area (Å²) in [5.74, 6) is 2.24. The molecule has 3 heterocycles. The van der Waals surface area contributed by atoms with Crippen LogP contribution in [0.2, 0.25) is 0 Å². The lowest BCUT2D eigenvalue weighted by Gasteiger charge is -2.20. The Morgan fingerprint density at radius 1 is 1.32 bits per heavy atom. The van der Waals surface area contributed by atoms with Crippen LogP contribution in [0.5, 0.6) is 0 Å². The quantitative estimate of drug-likeness (QED) is 0.475. The Hall–Kier alpha value is -2.13. The molecule has 31 heavy (non-hydrogen) atoms. The number of carbonyl (C=O) groups excluding carboxylic acids is 1. The van der Waals surface area contributed by atoms with Crippen molar-refractivity contribution in [3.63, 3.8) is 0 Å². The summed E-state index contributed by atoms with van der Waals surface area (Å²) in [6.45, 7) is 5.80. The highest BCUT2D eigenvalue weighted by molar-refractivity contribution is 7.99. The number of rotatable bonds is 7. The zero-order valence-electron chi connectivity index (χ0n) is 18.2. The van der Waals surface area contributed by atoms with Crippen molar-refractivity contribution in [3.05, 3.63) is 38.4 Å². The number of amides is 1. The fourth-order valence-corrected chi connectivity index (χ4v) is 5.91. The molecule has 1 aliphatic carbocycles. The first-order chi connectivity index (χ1) is 14.9. The van der Waals surface area contributed by atoms with Crippen LogP contribution in [-0.2, 0) is 17.0 Å². The van der Waals surface area contributed by atoms with Crippen LogP contribution < -0.4 is 10.9 Å². The summed E-state index contributed by atoms with van der Waals surface area (Å²) in [5, 5.41) is 10.6. The minimum atomic E-state index is -0.300. The van der Waals surface area contributed by atoms with Crippen LogP contribution in [0.3, 0.4) is 0 Å². The van der Waals surface area contributed by atoms with E-state index in [1.165, 1.54) is 55.2 Å². The molecule has 0 radical (unpaired) electrons. The van der Waals surface area contributed by atoms with Gasteiger partial charge in [0.1, 0.15) is 10.7 Å². The molecule has 1 unspecified atom stereocenters. The normalized spacial score (nSPS) is 16.0. The van der Waals surface area contributed by atoms with Gasteiger partial charge in [0.25, 0.3) is 5.56 Å². The number of nitrogens with zero attached hydrogens (tertiary/aromatic N) is 2. The van der Waals surface area contributed by atoms with E-state index >= 15 is 0 Å². The molecule has 0 saturated heterocycles. The number of anilines is 1. The number of H-pyrrole nitrogens is 2. The number of aromatic nitrogens is 4. The molecule has 3 aromatic heterocycles. The lowest BCUT2D eigenvalue weighted by atomic mass is 9.86. The number of nitrogens with one attached hydrogen (secondary N) is 3. The van der Waals surface area contributed by atoms with E-state index in [-0.39, 0.29) is 16.7 Å². The lowest BCUT2D eigenvalue weighted by Crippen LogP contribution is -2.23. The second kappa shape index (κ2) is 9.56. The first-order valence-corrected chi connectivity index (χ1v) is 12.7. The van der Waals surface area contributed by atoms with Gasteiger partial charge in [-0.15, -0.1) is 23.1 Å². The van der Waals surface area contributed by atoms with Crippen LogP contribution in [0.25, 0.3) is 10.2 Å². The van der Waals surface area contributed by atoms with Crippen molar-refractivity contribution in [3.8, 4) is 0 Å². The molecular weight excluding hydrogens is 430 g/mol. The Kier molecular flexibility index (Phi) is 6.81. The maximum absolute atomic E-state index is 12.6. The number of hydrogen-bond acceptors (Lipinski definition) is 6. The van der Waals surface area contributed by atoms with Crippen LogP contribution in [-0.4, -0.2) is 31.3 Å². The van der Waals surface area contributed by atoms with Gasteiger partial charge in [-0.3, -0.25) is 14.7 Å². The van der Waals surface area contributed by atoms with Gasteiger partial charge in [0.05, 0.1) is 16.4 Å². The molecule has 1 saturated carbocycles. The number of carbonyl (C=O) groups is 1. The van der Waals surface area contributed by atoms with E-state index in [1.54, 1.807) is 0 Å². The third-order valence-corrected chi connectivity index (χ3v) is 8.30. The maximum Gasteiger partial charge on any atom is 0.259 e. The summed E-state index contributed by atoms with van der Waals surface area (Å²) in [5.41, 5.74) is 1.96. The van der Waals surface area contributed by atoms with E-state index in [4.69, 9.17) is 0 Å². The molecule has 7 nitrogen and oxygen atoms in total. The molecule has 0 bridgehead atoms. The molecule has 3 aromatic rings. The molecule has 0 spiro atoms. The highest BCUT2D eigenvalue weighted by Gasteiger charge is 2.19. The predicted octanol–water partition coefficient (Wildman–Crippen LogP) is 4.71. The smallest absolute Gasteiger partial charge is 0.259 e. The van der Waals surface area contributed by atoms with E-state index in [2.05, 4.69) is 25.5 Å². The minimum absolute atomic E-state index is 0.105. The molecule has 1 atom stereocenters. The average Bonchev–Trinajstić information content (AvgIpc) is 3.30. The van der Waals surface area contributed by atoms with Crippen molar-refractivity contribution in [2.24, 2.45) is 5.92 Å². The summed E-state index contributed by atoms with van der Waals surface area (Å²) in [6, 6.07) is 1.94. The highest BCUT2D eigenvalue weighted by atomic mass is 32.2. The highest BCUT2D eigenvalue weighted by Crippen LogP contribution is 2.28. The second-order valence-electron chi connectivity index (χ2n) is 8.41. The van der Waals surface area contributed by atoms with Gasteiger partial charge in [0.15, 0.2) is 5.82 Å². The van der Waals surface area contributed by atoms with E-state index in [1.807, 2.05) is 26.8 Å². The zero-order chi connectivity index (χ0) is 22.0. The first-order valence-electron chi connectivity index (χ1n) is 10.9. The zero-order valence-corrected chi connectivity index (χ0v) is 19.8. The van der Waals surface area contributed by atoms with Gasteiger partial charge in [0, 0.05) is 16.6 Å². The average molecular weight is 460 g/mol. The number of aromatic amines is 2. The van der Waals surface area contributed by atoms with Gasteiger partial charge in [-0.1, -0.05) is 32.1 Å². The standard InChI is InChI=1S/C22H29N5O2S2/c1-12-13(2)31-22-19(12)21(29)24-18(25-22)11-30-14(3)20(28)23-17-10-16(26-27-17)9-15-7-5-4-6-8-15/h10,14-15H,4-9,11H2,1-3H3,(H,24,25,29)(H2,23,26,27,28). The van der Waals surface area contributed by atoms with Crippen molar-refractivity contribution in [1.29, 1.82) is 0 Å². The number of aryl methyl sites for hydroxylation is 2. The SMILES string of the molecule is Cc1sc2nc(CSC(C)C(=O)Nc3cc(CC4CCCCC4)[nH]n3)[nH]c(=O)c2c1C. The van der Waals surface area contributed by atoms with Crippen molar-refractivity contribution >= 4 is 45.0 Å². The molecule has 3 N–H and O–H groups in total. The summed E-state index contributed by atoms with van der Waals surface area (Å²) in [4.78, 5) is 34.3. The molecule has 1 fully saturated rings. The second-order valence-corrected chi connectivity index (χ2v) is 10.9. The molecule has 0 aliphatic heterocycles. The third-order valence-electron chi connectivity index (χ3n) is 6.04. The fourth-order valence-electron chi connectivity index (χ4n) is 4.11. The number of hydrogen-bond donors (Lipinski definition) is 3. The topological polar surface area (TPSA) is 104 Å². The summed E-state index contributed by atoms with van der Waals surface area (Å²) < 4.78 is 0. The van der Waals surface area contributed by atoms with E-state index in [9.17, 15) is 9.59 Å². The van der Waals surface area contributed by atoms with Gasteiger partial charge in [-0.25, -0.2) is 4.98 Å². The Bertz CT molecular complexity index is 1130.